The lowest BCUT2D eigenvalue weighted by Crippen LogP contribution is -2.36. The van der Waals surface area contributed by atoms with E-state index in [1.165, 1.54) is 25.0 Å². The van der Waals surface area contributed by atoms with E-state index in [-0.39, 0.29) is 11.4 Å². The number of hydrogen-bond donors (Lipinski definition) is 1. The first-order chi connectivity index (χ1) is 9.90. The van der Waals surface area contributed by atoms with Gasteiger partial charge in [0, 0.05) is 18.7 Å². The van der Waals surface area contributed by atoms with Gasteiger partial charge in [0.1, 0.15) is 5.69 Å². The van der Waals surface area contributed by atoms with Crippen LogP contribution >= 0.6 is 0 Å². The van der Waals surface area contributed by atoms with Crippen molar-refractivity contribution >= 4 is 17.1 Å². The number of nitro benzene ring substituents is 2. The quantitative estimate of drug-likeness (QED) is 0.611. The third-order valence-corrected chi connectivity index (χ3v) is 3.72. The van der Waals surface area contributed by atoms with E-state index in [4.69, 9.17) is 0 Å². The number of nitrogens with zero attached hydrogens (tertiary/aromatic N) is 3. The van der Waals surface area contributed by atoms with Gasteiger partial charge in [0.15, 0.2) is 0 Å². The molecule has 2 rings (SSSR count). The van der Waals surface area contributed by atoms with E-state index in [0.717, 1.165) is 6.07 Å². The van der Waals surface area contributed by atoms with Gasteiger partial charge in [-0.15, -0.1) is 0 Å². The molecule has 0 bridgehead atoms. The SMILES string of the molecule is CN(C)C(CNc1ccc([N+](=O)[O-])cc1[N+](=O)[O-])C1CC1. The Morgan fingerprint density at radius 2 is 1.95 bits per heavy atom. The number of hydrogen-bond acceptors (Lipinski definition) is 6. The van der Waals surface area contributed by atoms with Crippen LogP contribution < -0.4 is 5.32 Å². The molecule has 114 valence electrons. The third kappa shape index (κ3) is 3.66. The standard InChI is InChI=1S/C13H18N4O4/c1-15(2)13(9-3-4-9)8-14-11-6-5-10(16(18)19)7-12(11)17(20)21/h5-7,9,13-14H,3-4,8H2,1-2H3. The first-order valence-corrected chi connectivity index (χ1v) is 6.73. The van der Waals surface area contributed by atoms with E-state index < -0.39 is 9.85 Å². The highest BCUT2D eigenvalue weighted by atomic mass is 16.6. The lowest BCUT2D eigenvalue weighted by atomic mass is 10.1. The summed E-state index contributed by atoms with van der Waals surface area (Å²) in [4.78, 5) is 22.6. The van der Waals surface area contributed by atoms with Crippen LogP contribution in [0.2, 0.25) is 0 Å². The van der Waals surface area contributed by atoms with Gasteiger partial charge in [0.2, 0.25) is 0 Å². The van der Waals surface area contributed by atoms with Crippen LogP contribution in [0.5, 0.6) is 0 Å². The zero-order chi connectivity index (χ0) is 15.6. The summed E-state index contributed by atoms with van der Waals surface area (Å²) < 4.78 is 0. The third-order valence-electron chi connectivity index (χ3n) is 3.72. The fourth-order valence-electron chi connectivity index (χ4n) is 2.40. The minimum atomic E-state index is -0.635. The number of non-ortho nitro benzene ring substituents is 1. The van der Waals surface area contributed by atoms with Crippen molar-refractivity contribution in [3.8, 4) is 0 Å². The van der Waals surface area contributed by atoms with E-state index in [1.807, 2.05) is 14.1 Å². The summed E-state index contributed by atoms with van der Waals surface area (Å²) in [6.45, 7) is 0.580. The molecular formula is C13H18N4O4. The second-order valence-electron chi connectivity index (χ2n) is 5.46. The summed E-state index contributed by atoms with van der Waals surface area (Å²) in [6.07, 6.45) is 2.35. The van der Waals surface area contributed by atoms with Crippen molar-refractivity contribution in [3.63, 3.8) is 0 Å². The van der Waals surface area contributed by atoms with Crippen LogP contribution in [0, 0.1) is 26.1 Å². The van der Waals surface area contributed by atoms with Crippen molar-refractivity contribution in [1.82, 2.24) is 4.90 Å². The Kier molecular flexibility index (Phi) is 4.37. The van der Waals surface area contributed by atoms with E-state index in [9.17, 15) is 20.2 Å². The van der Waals surface area contributed by atoms with E-state index in [2.05, 4.69) is 10.2 Å². The van der Waals surface area contributed by atoms with Crippen molar-refractivity contribution in [1.29, 1.82) is 0 Å². The highest BCUT2D eigenvalue weighted by Crippen LogP contribution is 2.35. The molecule has 1 aliphatic carbocycles. The molecule has 0 radical (unpaired) electrons. The predicted molar refractivity (Wildman–Crippen MR) is 78.4 cm³/mol. The van der Waals surface area contributed by atoms with E-state index in [0.29, 0.717) is 24.2 Å². The largest absolute Gasteiger partial charge is 0.378 e. The average molecular weight is 294 g/mol. The van der Waals surface area contributed by atoms with Gasteiger partial charge in [-0.2, -0.15) is 0 Å². The average Bonchev–Trinajstić information content (AvgIpc) is 3.22. The molecule has 1 fully saturated rings. The molecule has 1 aliphatic rings. The van der Waals surface area contributed by atoms with Crippen LogP contribution in [0.4, 0.5) is 17.1 Å². The maximum absolute atomic E-state index is 11.1. The summed E-state index contributed by atoms with van der Waals surface area (Å²) in [5.41, 5.74) is -0.228. The van der Waals surface area contributed by atoms with Gasteiger partial charge in [0.05, 0.1) is 15.9 Å². The number of nitrogens with one attached hydrogen (secondary N) is 1. The lowest BCUT2D eigenvalue weighted by molar-refractivity contribution is -0.393. The topological polar surface area (TPSA) is 102 Å². The summed E-state index contributed by atoms with van der Waals surface area (Å²) in [7, 11) is 3.96. The van der Waals surface area contributed by atoms with Gasteiger partial charge >= 0.3 is 0 Å². The monoisotopic (exact) mass is 294 g/mol. The van der Waals surface area contributed by atoms with Gasteiger partial charge in [-0.1, -0.05) is 0 Å². The molecule has 0 heterocycles. The Labute approximate surface area is 122 Å². The van der Waals surface area contributed by atoms with Gasteiger partial charge < -0.3 is 10.2 Å². The van der Waals surface area contributed by atoms with Crippen molar-refractivity contribution in [3.05, 3.63) is 38.4 Å². The van der Waals surface area contributed by atoms with Gasteiger partial charge in [0.25, 0.3) is 11.4 Å². The molecule has 1 saturated carbocycles. The molecule has 8 nitrogen and oxygen atoms in total. The lowest BCUT2D eigenvalue weighted by Gasteiger charge is -2.24. The maximum Gasteiger partial charge on any atom is 0.299 e. The Bertz CT molecular complexity index is 555. The smallest absolute Gasteiger partial charge is 0.299 e. The number of benzene rings is 1. The van der Waals surface area contributed by atoms with E-state index in [1.54, 1.807) is 0 Å². The molecule has 1 unspecified atom stereocenters. The molecule has 0 spiro atoms. The summed E-state index contributed by atoms with van der Waals surface area (Å²) >= 11 is 0. The second-order valence-corrected chi connectivity index (χ2v) is 5.46. The van der Waals surface area contributed by atoms with Crippen molar-refractivity contribution in [2.24, 2.45) is 5.92 Å². The summed E-state index contributed by atoms with van der Waals surface area (Å²) in [6, 6.07) is 3.97. The highest BCUT2D eigenvalue weighted by molar-refractivity contribution is 5.65. The molecule has 1 aromatic carbocycles. The molecule has 21 heavy (non-hydrogen) atoms. The molecule has 0 saturated heterocycles. The molecule has 1 aromatic rings. The van der Waals surface area contributed by atoms with Gasteiger partial charge in [-0.25, -0.2) is 0 Å². The van der Waals surface area contributed by atoms with Gasteiger partial charge in [-0.05, 0) is 38.9 Å². The fraction of sp³-hybridized carbons (Fsp3) is 0.538. The minimum Gasteiger partial charge on any atom is -0.378 e. The molecule has 0 aromatic heterocycles. The number of nitro groups is 2. The molecule has 0 aliphatic heterocycles. The van der Waals surface area contributed by atoms with Crippen LogP contribution in [0.1, 0.15) is 12.8 Å². The second kappa shape index (κ2) is 6.04. The molecule has 8 heteroatoms. The maximum atomic E-state index is 11.1. The summed E-state index contributed by atoms with van der Waals surface area (Å²) in [5.74, 6) is 0.615. The van der Waals surface area contributed by atoms with Crippen LogP contribution in [-0.4, -0.2) is 41.4 Å². The van der Waals surface area contributed by atoms with Crippen molar-refractivity contribution in [2.45, 2.75) is 18.9 Å². The molecule has 0 amide bonds. The number of anilines is 1. The summed E-state index contributed by atoms with van der Waals surface area (Å²) in [5, 5.41) is 24.8. The minimum absolute atomic E-state index is 0.266. The fourth-order valence-corrected chi connectivity index (χ4v) is 2.40. The zero-order valence-electron chi connectivity index (χ0n) is 12.0. The highest BCUT2D eigenvalue weighted by Gasteiger charge is 2.32. The van der Waals surface area contributed by atoms with Crippen LogP contribution in [0.3, 0.4) is 0 Å². The van der Waals surface area contributed by atoms with Crippen LogP contribution in [0.25, 0.3) is 0 Å². The molecule has 1 atom stereocenters. The van der Waals surface area contributed by atoms with Gasteiger partial charge in [-0.3, -0.25) is 20.2 Å². The Balaban J connectivity index is 2.15. The first-order valence-electron chi connectivity index (χ1n) is 6.73. The molecule has 1 N–H and O–H groups in total. The Morgan fingerprint density at radius 3 is 2.43 bits per heavy atom. The number of rotatable bonds is 7. The molecular weight excluding hydrogens is 276 g/mol. The van der Waals surface area contributed by atoms with Crippen molar-refractivity contribution in [2.75, 3.05) is 26.0 Å². The Morgan fingerprint density at radius 1 is 1.29 bits per heavy atom. The van der Waals surface area contributed by atoms with Crippen LogP contribution in [0.15, 0.2) is 18.2 Å². The van der Waals surface area contributed by atoms with Crippen molar-refractivity contribution < 1.29 is 9.85 Å². The predicted octanol–water partition coefficient (Wildman–Crippen LogP) is 2.26. The zero-order valence-corrected chi connectivity index (χ0v) is 12.0. The first kappa shape index (κ1) is 15.2. The Hall–Kier alpha value is -2.22. The normalized spacial score (nSPS) is 15.8. The van der Waals surface area contributed by atoms with Crippen LogP contribution in [-0.2, 0) is 0 Å². The number of likely N-dealkylation sites (N-methyl/N-ethyl adjacent to an activating group) is 1. The van der Waals surface area contributed by atoms with E-state index >= 15 is 0 Å².